The van der Waals surface area contributed by atoms with E-state index in [-0.39, 0.29) is 12.4 Å². The van der Waals surface area contributed by atoms with Crippen molar-refractivity contribution in [3.63, 3.8) is 0 Å². The number of halogens is 1. The second kappa shape index (κ2) is 3.86. The van der Waals surface area contributed by atoms with Crippen LogP contribution in [0.3, 0.4) is 0 Å². The Bertz CT molecular complexity index is 252. The smallest absolute Gasteiger partial charge is 0.387 e. The zero-order chi connectivity index (χ0) is 6.69. The van der Waals surface area contributed by atoms with Gasteiger partial charge in [0.1, 0.15) is 0 Å². The highest BCUT2D eigenvalue weighted by molar-refractivity contribution is 5.50. The van der Waals surface area contributed by atoms with Gasteiger partial charge in [0.25, 0.3) is 0 Å². The van der Waals surface area contributed by atoms with Crippen molar-refractivity contribution in [2.24, 2.45) is 0 Å². The summed E-state index contributed by atoms with van der Waals surface area (Å²) < 4.78 is 0. The average Bonchev–Trinajstić information content (AvgIpc) is 1.89. The van der Waals surface area contributed by atoms with Gasteiger partial charge in [0.05, 0.1) is 0 Å². The molecular weight excluding hydrogens is 148 g/mol. The average molecular weight is 155 g/mol. The molecular formula is C7H7ClN2. The van der Waals surface area contributed by atoms with Crippen LogP contribution in [0.15, 0.2) is 24.3 Å². The van der Waals surface area contributed by atoms with E-state index in [2.05, 4.69) is 4.98 Å². The molecule has 0 heterocycles. The zero-order valence-electron chi connectivity index (χ0n) is 5.58. The maximum Gasteiger partial charge on any atom is 0.387 e. The van der Waals surface area contributed by atoms with E-state index in [1.165, 1.54) is 0 Å². The monoisotopic (exact) mass is 154 g/mol. The molecule has 0 aliphatic carbocycles. The summed E-state index contributed by atoms with van der Waals surface area (Å²) in [6, 6.07) is 7.40. The van der Waals surface area contributed by atoms with Gasteiger partial charge in [-0.1, -0.05) is 18.2 Å². The van der Waals surface area contributed by atoms with Crippen LogP contribution < -0.4 is 12.4 Å². The molecule has 0 amide bonds. The second-order valence-corrected chi connectivity index (χ2v) is 1.89. The van der Waals surface area contributed by atoms with E-state index in [1.54, 1.807) is 6.07 Å². The predicted molar refractivity (Wildman–Crippen MR) is 35.9 cm³/mol. The quantitative estimate of drug-likeness (QED) is 0.463. The number of hydrogen-bond donors (Lipinski definition) is 0. The van der Waals surface area contributed by atoms with E-state index in [9.17, 15) is 0 Å². The molecule has 0 fully saturated rings. The third kappa shape index (κ3) is 1.71. The van der Waals surface area contributed by atoms with E-state index >= 15 is 0 Å². The highest BCUT2D eigenvalue weighted by Crippen LogP contribution is 2.15. The van der Waals surface area contributed by atoms with Crippen molar-refractivity contribution in [3.05, 3.63) is 34.8 Å². The van der Waals surface area contributed by atoms with E-state index in [1.807, 2.05) is 25.1 Å². The molecule has 0 unspecified atom stereocenters. The van der Waals surface area contributed by atoms with Crippen LogP contribution in [0.25, 0.3) is 4.98 Å². The van der Waals surface area contributed by atoms with Crippen LogP contribution in [-0.2, 0) is 0 Å². The maximum atomic E-state index is 8.34. The lowest BCUT2D eigenvalue weighted by atomic mass is 10.2. The van der Waals surface area contributed by atoms with Crippen molar-refractivity contribution in [3.8, 4) is 0 Å². The van der Waals surface area contributed by atoms with Gasteiger partial charge in [-0.25, -0.2) is 0 Å². The van der Waals surface area contributed by atoms with Crippen LogP contribution in [0.2, 0.25) is 0 Å². The van der Waals surface area contributed by atoms with Crippen LogP contribution in [0.5, 0.6) is 0 Å². The molecule has 0 atom stereocenters. The topological polar surface area (TPSA) is 28.1 Å². The summed E-state index contributed by atoms with van der Waals surface area (Å²) in [5, 5.41) is 8.34. The molecule has 3 heteroatoms. The first-order chi connectivity index (χ1) is 4.34. The van der Waals surface area contributed by atoms with E-state index < -0.39 is 0 Å². The Morgan fingerprint density at radius 3 is 2.30 bits per heavy atom. The summed E-state index contributed by atoms with van der Waals surface area (Å²) >= 11 is 0. The van der Waals surface area contributed by atoms with Crippen molar-refractivity contribution in [1.29, 1.82) is 5.39 Å². The predicted octanol–water partition coefficient (Wildman–Crippen LogP) is -0.516. The first-order valence-corrected chi connectivity index (χ1v) is 2.75. The summed E-state index contributed by atoms with van der Waals surface area (Å²) in [6.45, 7) is 1.90. The summed E-state index contributed by atoms with van der Waals surface area (Å²) in [6.07, 6.45) is 0. The molecule has 2 nitrogen and oxygen atoms in total. The summed E-state index contributed by atoms with van der Waals surface area (Å²) in [4.78, 5) is 3.07. The van der Waals surface area contributed by atoms with Gasteiger partial charge in [0.15, 0.2) is 4.98 Å². The Balaban J connectivity index is 0.000000810. The van der Waals surface area contributed by atoms with Crippen LogP contribution in [-0.4, -0.2) is 0 Å². The fraction of sp³-hybridized carbons (Fsp3) is 0.143. The SMILES string of the molecule is Cc1ccccc1[N+]#N.[Cl-]. The number of diazo groups is 1. The molecule has 0 aromatic heterocycles. The zero-order valence-corrected chi connectivity index (χ0v) is 6.34. The van der Waals surface area contributed by atoms with Gasteiger partial charge in [-0.05, 0) is 6.92 Å². The van der Waals surface area contributed by atoms with Crippen molar-refractivity contribution in [2.45, 2.75) is 6.92 Å². The van der Waals surface area contributed by atoms with E-state index in [0.717, 1.165) is 5.56 Å². The fourth-order valence-corrected chi connectivity index (χ4v) is 0.676. The van der Waals surface area contributed by atoms with E-state index in [0.29, 0.717) is 5.69 Å². The van der Waals surface area contributed by atoms with Crippen LogP contribution in [0.4, 0.5) is 5.69 Å². The number of rotatable bonds is 0. The molecule has 10 heavy (non-hydrogen) atoms. The Labute approximate surface area is 65.9 Å². The summed E-state index contributed by atoms with van der Waals surface area (Å²) in [5.41, 5.74) is 1.62. The van der Waals surface area contributed by atoms with E-state index in [4.69, 9.17) is 5.39 Å². The van der Waals surface area contributed by atoms with Gasteiger partial charge in [-0.2, -0.15) is 0 Å². The lowest BCUT2D eigenvalue weighted by Gasteiger charge is -1.80. The highest BCUT2D eigenvalue weighted by Gasteiger charge is 2.04. The van der Waals surface area contributed by atoms with Crippen LogP contribution >= 0.6 is 0 Å². The number of aryl methyl sites for hydroxylation is 1. The van der Waals surface area contributed by atoms with Crippen molar-refractivity contribution in [2.75, 3.05) is 0 Å². The van der Waals surface area contributed by atoms with Crippen molar-refractivity contribution >= 4 is 5.69 Å². The minimum absolute atomic E-state index is 0. The Hall–Kier alpha value is -1.07. The first-order valence-electron chi connectivity index (χ1n) is 2.75. The van der Waals surface area contributed by atoms with Crippen LogP contribution in [0, 0.1) is 12.3 Å². The maximum absolute atomic E-state index is 8.34. The minimum atomic E-state index is 0. The van der Waals surface area contributed by atoms with Crippen molar-refractivity contribution < 1.29 is 12.4 Å². The molecule has 1 rings (SSSR count). The van der Waals surface area contributed by atoms with Gasteiger partial charge >= 0.3 is 5.69 Å². The van der Waals surface area contributed by atoms with Gasteiger partial charge in [-0.3, -0.25) is 0 Å². The Kier molecular flexibility index (Phi) is 3.45. The molecule has 0 saturated heterocycles. The molecule has 0 N–H and O–H groups in total. The lowest BCUT2D eigenvalue weighted by molar-refractivity contribution is -0.00000213. The molecule has 1 aromatic carbocycles. The summed E-state index contributed by atoms with van der Waals surface area (Å²) in [7, 11) is 0. The number of hydrogen-bond acceptors (Lipinski definition) is 1. The second-order valence-electron chi connectivity index (χ2n) is 1.89. The molecule has 1 aromatic rings. The molecule has 0 radical (unpaired) electrons. The normalized spacial score (nSPS) is 7.60. The summed E-state index contributed by atoms with van der Waals surface area (Å²) in [5.74, 6) is 0. The molecule has 52 valence electrons. The molecule has 0 bridgehead atoms. The highest BCUT2D eigenvalue weighted by atomic mass is 35.5. The minimum Gasteiger partial charge on any atom is -1.00 e. The Morgan fingerprint density at radius 2 is 1.90 bits per heavy atom. The molecule has 0 aliphatic rings. The van der Waals surface area contributed by atoms with Gasteiger partial charge < -0.3 is 12.4 Å². The third-order valence-corrected chi connectivity index (χ3v) is 1.22. The van der Waals surface area contributed by atoms with Gasteiger partial charge in [0.2, 0.25) is 5.39 Å². The number of nitrogens with zero attached hydrogens (tertiary/aromatic N) is 2. The number of benzene rings is 1. The van der Waals surface area contributed by atoms with Crippen molar-refractivity contribution in [1.82, 2.24) is 0 Å². The largest absolute Gasteiger partial charge is 1.00 e. The van der Waals surface area contributed by atoms with Gasteiger partial charge in [0, 0.05) is 11.6 Å². The molecule has 0 aliphatic heterocycles. The third-order valence-electron chi connectivity index (χ3n) is 1.22. The van der Waals surface area contributed by atoms with Crippen LogP contribution in [0.1, 0.15) is 5.56 Å². The van der Waals surface area contributed by atoms with Gasteiger partial charge in [-0.15, -0.1) is 0 Å². The standard InChI is InChI=1S/C7H7N2.ClH/c1-6-4-2-3-5-7(6)9-8;/h2-5H,1H3;1H/q+1;/p-1. The first kappa shape index (κ1) is 8.93. The molecule has 0 spiro atoms. The Morgan fingerprint density at radius 1 is 1.30 bits per heavy atom. The lowest BCUT2D eigenvalue weighted by Crippen LogP contribution is -3.00. The fourth-order valence-electron chi connectivity index (χ4n) is 0.676. The molecule has 0 saturated carbocycles.